The molecule has 1 heterocycles. The van der Waals surface area contributed by atoms with Crippen LogP contribution < -0.4 is 10.9 Å². The van der Waals surface area contributed by atoms with E-state index in [1.54, 1.807) is 23.1 Å². The zero-order valence-electron chi connectivity index (χ0n) is 13.1. The molecule has 23 heavy (non-hydrogen) atoms. The topological polar surface area (TPSA) is 54.0 Å². The third kappa shape index (κ3) is 3.18. The van der Waals surface area contributed by atoms with Crippen LogP contribution in [0.25, 0.3) is 10.2 Å². The van der Waals surface area contributed by atoms with Crippen LogP contribution in [0.2, 0.25) is 0 Å². The highest BCUT2D eigenvalue weighted by molar-refractivity contribution is 7.98. The van der Waals surface area contributed by atoms with Crippen molar-refractivity contribution in [3.05, 3.63) is 53.1 Å². The van der Waals surface area contributed by atoms with Crippen LogP contribution in [0, 0.1) is 13.8 Å². The molecule has 2 N–H and O–H groups in total. The molecule has 6 heteroatoms. The second kappa shape index (κ2) is 6.60. The molecule has 0 radical (unpaired) electrons. The number of nitrogens with one attached hydrogen (secondary N) is 2. The second-order valence-electron chi connectivity index (χ2n) is 5.18. The van der Waals surface area contributed by atoms with Crippen molar-refractivity contribution in [2.45, 2.75) is 18.7 Å². The molecule has 0 aliphatic heterocycles. The molecule has 0 saturated carbocycles. The smallest absolute Gasteiger partial charge is 0.270 e. The summed E-state index contributed by atoms with van der Waals surface area (Å²) < 4.78 is 1.14. The molecule has 1 aromatic heterocycles. The first-order valence-electron chi connectivity index (χ1n) is 7.16. The van der Waals surface area contributed by atoms with E-state index in [4.69, 9.17) is 0 Å². The lowest BCUT2D eigenvalue weighted by molar-refractivity contribution is 0.0960. The molecular weight excluding hydrogens is 326 g/mol. The number of hydrazine groups is 1. The highest BCUT2D eigenvalue weighted by atomic mass is 32.2. The first-order valence-corrected chi connectivity index (χ1v) is 9.20. The van der Waals surface area contributed by atoms with Crippen molar-refractivity contribution in [1.29, 1.82) is 0 Å². The van der Waals surface area contributed by atoms with Crippen LogP contribution >= 0.6 is 23.1 Å². The fourth-order valence-electron chi connectivity index (χ4n) is 2.32. The summed E-state index contributed by atoms with van der Waals surface area (Å²) in [5, 5.41) is 0.687. The lowest BCUT2D eigenvalue weighted by atomic mass is 10.1. The van der Waals surface area contributed by atoms with Crippen molar-refractivity contribution >= 4 is 44.4 Å². The number of benzene rings is 2. The van der Waals surface area contributed by atoms with Crippen LogP contribution in [-0.2, 0) is 0 Å². The van der Waals surface area contributed by atoms with Crippen LogP contribution in [0.1, 0.15) is 21.5 Å². The molecule has 3 aromatic rings. The van der Waals surface area contributed by atoms with Gasteiger partial charge in [0, 0.05) is 4.90 Å². The Morgan fingerprint density at radius 1 is 1.13 bits per heavy atom. The van der Waals surface area contributed by atoms with Gasteiger partial charge in [-0.25, -0.2) is 4.98 Å². The highest BCUT2D eigenvalue weighted by Crippen LogP contribution is 2.30. The molecular formula is C17H17N3OS2. The van der Waals surface area contributed by atoms with Crippen LogP contribution in [0.5, 0.6) is 0 Å². The Balaban J connectivity index is 1.79. The lowest BCUT2D eigenvalue weighted by Crippen LogP contribution is -2.29. The monoisotopic (exact) mass is 343 g/mol. The number of nitrogens with zero attached hydrogens (tertiary/aromatic N) is 1. The minimum absolute atomic E-state index is 0.164. The first kappa shape index (κ1) is 15.8. The van der Waals surface area contributed by atoms with Gasteiger partial charge in [0.25, 0.3) is 5.91 Å². The Hall–Kier alpha value is -2.05. The third-order valence-electron chi connectivity index (χ3n) is 3.58. The minimum atomic E-state index is -0.164. The Labute approximate surface area is 143 Å². The van der Waals surface area contributed by atoms with Gasteiger partial charge in [-0.3, -0.25) is 15.6 Å². The fourth-order valence-corrected chi connectivity index (χ4v) is 3.88. The van der Waals surface area contributed by atoms with Gasteiger partial charge in [-0.05, 0) is 43.4 Å². The van der Waals surface area contributed by atoms with Crippen molar-refractivity contribution in [3.8, 4) is 0 Å². The molecule has 0 saturated heterocycles. The quantitative estimate of drug-likeness (QED) is 0.545. The predicted octanol–water partition coefficient (Wildman–Crippen LogP) is 4.39. The number of fused-ring (bicyclic) bond motifs is 1. The van der Waals surface area contributed by atoms with Crippen LogP contribution in [0.15, 0.2) is 41.3 Å². The number of amides is 1. The number of carbonyl (C=O) groups excluding carboxylic acids is 1. The van der Waals surface area contributed by atoms with Gasteiger partial charge >= 0.3 is 0 Å². The molecule has 0 atom stereocenters. The molecule has 1 amide bonds. The summed E-state index contributed by atoms with van der Waals surface area (Å²) in [6, 6.07) is 11.7. The number of rotatable bonds is 4. The van der Waals surface area contributed by atoms with E-state index < -0.39 is 0 Å². The summed E-state index contributed by atoms with van der Waals surface area (Å²) in [4.78, 5) is 17.9. The van der Waals surface area contributed by atoms with E-state index in [-0.39, 0.29) is 5.91 Å². The van der Waals surface area contributed by atoms with Crippen LogP contribution in [0.3, 0.4) is 0 Å². The predicted molar refractivity (Wildman–Crippen MR) is 98.4 cm³/mol. The van der Waals surface area contributed by atoms with Crippen molar-refractivity contribution < 1.29 is 4.79 Å². The number of aryl methyl sites for hydroxylation is 2. The summed E-state index contributed by atoms with van der Waals surface area (Å²) in [6.45, 7) is 4.11. The molecule has 0 bridgehead atoms. The van der Waals surface area contributed by atoms with E-state index in [9.17, 15) is 4.79 Å². The number of thioether (sulfide) groups is 1. The zero-order chi connectivity index (χ0) is 16.4. The van der Waals surface area contributed by atoms with Gasteiger partial charge in [0.1, 0.15) is 0 Å². The van der Waals surface area contributed by atoms with Crippen LogP contribution in [-0.4, -0.2) is 17.1 Å². The van der Waals surface area contributed by atoms with E-state index in [1.165, 1.54) is 5.56 Å². The normalized spacial score (nSPS) is 10.7. The molecule has 0 aliphatic carbocycles. The zero-order valence-corrected chi connectivity index (χ0v) is 14.8. The molecule has 0 unspecified atom stereocenters. The highest BCUT2D eigenvalue weighted by Gasteiger charge is 2.12. The van der Waals surface area contributed by atoms with Crippen molar-refractivity contribution in [2.24, 2.45) is 0 Å². The maximum absolute atomic E-state index is 12.3. The van der Waals surface area contributed by atoms with Gasteiger partial charge in [0.2, 0.25) is 5.13 Å². The molecule has 118 valence electrons. The fraction of sp³-hybridized carbons (Fsp3) is 0.176. The lowest BCUT2D eigenvalue weighted by Gasteiger charge is -2.08. The average Bonchev–Trinajstić information content (AvgIpc) is 3.01. The summed E-state index contributed by atoms with van der Waals surface area (Å²) in [6.07, 6.45) is 1.96. The molecule has 0 aliphatic rings. The van der Waals surface area contributed by atoms with Gasteiger partial charge in [-0.1, -0.05) is 35.6 Å². The maximum atomic E-state index is 12.3. The van der Waals surface area contributed by atoms with E-state index in [2.05, 4.69) is 34.9 Å². The molecule has 4 nitrogen and oxygen atoms in total. The number of anilines is 1. The van der Waals surface area contributed by atoms with Gasteiger partial charge in [-0.15, -0.1) is 11.8 Å². The Kier molecular flexibility index (Phi) is 4.54. The Morgan fingerprint density at radius 3 is 2.61 bits per heavy atom. The SMILES string of the molecule is CSc1ccccc1C(=O)NNc1nc2c(C)ccc(C)c2s1. The van der Waals surface area contributed by atoms with E-state index in [0.717, 1.165) is 20.7 Å². The number of thiazole rings is 1. The standard InChI is InChI=1S/C17H17N3OS2/c1-10-8-9-11(2)15-14(10)18-17(23-15)20-19-16(21)12-6-4-5-7-13(12)22-3/h4-9H,1-3H3,(H,18,20)(H,19,21). The molecule has 0 fully saturated rings. The minimum Gasteiger partial charge on any atom is -0.273 e. The summed E-state index contributed by atoms with van der Waals surface area (Å²) in [5.41, 5.74) is 9.63. The average molecular weight is 343 g/mol. The van der Waals surface area contributed by atoms with Gasteiger partial charge < -0.3 is 0 Å². The van der Waals surface area contributed by atoms with Crippen molar-refractivity contribution in [1.82, 2.24) is 10.4 Å². The Bertz CT molecular complexity index is 834. The van der Waals surface area contributed by atoms with Crippen molar-refractivity contribution in [3.63, 3.8) is 0 Å². The molecule has 3 rings (SSSR count). The molecule has 2 aromatic carbocycles. The summed E-state index contributed by atoms with van der Waals surface area (Å²) in [5.74, 6) is -0.164. The van der Waals surface area contributed by atoms with E-state index in [0.29, 0.717) is 10.7 Å². The first-order chi connectivity index (χ1) is 11.1. The van der Waals surface area contributed by atoms with E-state index in [1.807, 2.05) is 37.4 Å². The second-order valence-corrected chi connectivity index (χ2v) is 7.02. The van der Waals surface area contributed by atoms with Gasteiger partial charge in [0.05, 0.1) is 15.8 Å². The van der Waals surface area contributed by atoms with Crippen LogP contribution in [0.4, 0.5) is 5.13 Å². The summed E-state index contributed by atoms with van der Waals surface area (Å²) in [7, 11) is 0. The maximum Gasteiger partial charge on any atom is 0.270 e. The van der Waals surface area contributed by atoms with Gasteiger partial charge in [0.15, 0.2) is 0 Å². The molecule has 0 spiro atoms. The summed E-state index contributed by atoms with van der Waals surface area (Å²) >= 11 is 3.09. The van der Waals surface area contributed by atoms with Gasteiger partial charge in [-0.2, -0.15) is 0 Å². The number of hydrogen-bond donors (Lipinski definition) is 2. The number of aromatic nitrogens is 1. The number of hydrogen-bond acceptors (Lipinski definition) is 5. The number of carbonyl (C=O) groups is 1. The van der Waals surface area contributed by atoms with Crippen molar-refractivity contribution in [2.75, 3.05) is 11.7 Å². The van der Waals surface area contributed by atoms with E-state index >= 15 is 0 Å². The largest absolute Gasteiger partial charge is 0.273 e. The Morgan fingerprint density at radius 2 is 1.87 bits per heavy atom. The third-order valence-corrected chi connectivity index (χ3v) is 5.48.